The summed E-state index contributed by atoms with van der Waals surface area (Å²) in [5.41, 5.74) is -1.61. The smallest absolute Gasteiger partial charge is 0.418 e. The van der Waals surface area contributed by atoms with Crippen molar-refractivity contribution in [3.8, 4) is 0 Å². The molecule has 0 bridgehead atoms. The number of aliphatic carboxylic acids is 1. The molecule has 24 heavy (non-hydrogen) atoms. The number of anilines is 1. The van der Waals surface area contributed by atoms with E-state index in [0.717, 1.165) is 12.1 Å². The molecule has 1 aromatic rings. The normalized spacial score (nSPS) is 12.2. The van der Waals surface area contributed by atoms with E-state index in [1.807, 2.05) is 0 Å². The van der Waals surface area contributed by atoms with Gasteiger partial charge < -0.3 is 10.4 Å². The predicted molar refractivity (Wildman–Crippen MR) is 86.7 cm³/mol. The van der Waals surface area contributed by atoms with E-state index in [0.29, 0.717) is 12.8 Å². The van der Waals surface area contributed by atoms with Crippen LogP contribution < -0.4 is 10.6 Å². The number of carboxylic acids is 1. The van der Waals surface area contributed by atoms with Gasteiger partial charge in [0.1, 0.15) is 6.04 Å². The van der Waals surface area contributed by atoms with Crippen LogP contribution in [0, 0.1) is 0 Å². The average molecular weight is 389 g/mol. The summed E-state index contributed by atoms with van der Waals surface area (Å²) >= 11 is 5.71. The van der Waals surface area contributed by atoms with E-state index >= 15 is 0 Å². The van der Waals surface area contributed by atoms with Gasteiger partial charge in [0.15, 0.2) is 0 Å². The fourth-order valence-electron chi connectivity index (χ4n) is 1.89. The maximum atomic E-state index is 12.9. The molecule has 0 spiro atoms. The largest absolute Gasteiger partial charge is 0.480 e. The Morgan fingerprint density at radius 1 is 1.33 bits per heavy atom. The maximum Gasteiger partial charge on any atom is 0.418 e. The summed E-state index contributed by atoms with van der Waals surface area (Å²) in [7, 11) is 0. The summed E-state index contributed by atoms with van der Waals surface area (Å²) in [6, 6.07) is 2.20. The number of rotatable bonds is 7. The van der Waals surface area contributed by atoms with Crippen LogP contribution in [-0.4, -0.2) is 29.6 Å². The molecule has 1 unspecified atom stereocenters. The number of carbonyl (C=O) groups is 2. The fraction of sp³-hybridized carbons (Fsp3) is 0.429. The number of halogens is 5. The first-order valence-electron chi connectivity index (χ1n) is 6.78. The van der Waals surface area contributed by atoms with Crippen molar-refractivity contribution in [2.45, 2.75) is 32.0 Å². The molecule has 1 rings (SSSR count). The molecular formula is C14H17Cl2F3N2O3. The molecule has 1 amide bonds. The van der Waals surface area contributed by atoms with Gasteiger partial charge in [0, 0.05) is 0 Å². The van der Waals surface area contributed by atoms with Gasteiger partial charge in [-0.05, 0) is 18.6 Å². The first-order valence-corrected chi connectivity index (χ1v) is 7.16. The highest BCUT2D eigenvalue weighted by atomic mass is 35.5. The number of amides is 1. The van der Waals surface area contributed by atoms with Crippen LogP contribution >= 0.6 is 24.0 Å². The van der Waals surface area contributed by atoms with Gasteiger partial charge in [-0.1, -0.05) is 31.0 Å². The molecular weight excluding hydrogens is 372 g/mol. The van der Waals surface area contributed by atoms with E-state index in [-0.39, 0.29) is 17.4 Å². The van der Waals surface area contributed by atoms with Crippen molar-refractivity contribution in [1.82, 2.24) is 5.32 Å². The van der Waals surface area contributed by atoms with Crippen LogP contribution in [0.5, 0.6) is 0 Å². The summed E-state index contributed by atoms with van der Waals surface area (Å²) in [6.45, 7) is 1.33. The number of carbonyl (C=O) groups excluding carboxylic acids is 1. The third-order valence-electron chi connectivity index (χ3n) is 2.97. The fourth-order valence-corrected chi connectivity index (χ4v) is 2.11. The lowest BCUT2D eigenvalue weighted by molar-refractivity contribution is -0.139. The van der Waals surface area contributed by atoms with Gasteiger partial charge in [-0.3, -0.25) is 14.9 Å². The molecule has 1 atom stereocenters. The third kappa shape index (κ3) is 6.54. The van der Waals surface area contributed by atoms with Crippen molar-refractivity contribution in [2.75, 3.05) is 11.9 Å². The van der Waals surface area contributed by atoms with Gasteiger partial charge >= 0.3 is 12.1 Å². The van der Waals surface area contributed by atoms with Gasteiger partial charge in [0.25, 0.3) is 0 Å². The number of hydrogen-bond donors (Lipinski definition) is 3. The predicted octanol–water partition coefficient (Wildman–Crippen LogP) is 3.56. The van der Waals surface area contributed by atoms with Crippen molar-refractivity contribution in [3.05, 3.63) is 28.8 Å². The average Bonchev–Trinajstić information content (AvgIpc) is 2.44. The maximum absolute atomic E-state index is 12.9. The Bertz CT molecular complexity index is 583. The van der Waals surface area contributed by atoms with Gasteiger partial charge in [-0.15, -0.1) is 12.4 Å². The minimum atomic E-state index is -4.67. The summed E-state index contributed by atoms with van der Waals surface area (Å²) in [4.78, 5) is 22.7. The first kappa shape index (κ1) is 22.5. The standard InChI is InChI=1S/C14H16ClF3N2O3.ClH/c1-2-4-10(13(22)23)19-7-11(21)20-12-8(14(16,17)18)5-3-6-9(12)15;/h3,5-6,10,19H,2,4,7H2,1H3,(H,20,21)(H,22,23);1H. The molecule has 5 nitrogen and oxygen atoms in total. The Kier molecular flexibility index (Phi) is 9.09. The number of nitrogens with one attached hydrogen (secondary N) is 2. The second kappa shape index (κ2) is 9.71. The number of benzene rings is 1. The highest BCUT2D eigenvalue weighted by Gasteiger charge is 2.34. The Hall–Kier alpha value is -1.51. The van der Waals surface area contributed by atoms with Crippen LogP contribution in [0.25, 0.3) is 0 Å². The lowest BCUT2D eigenvalue weighted by Crippen LogP contribution is -2.41. The Morgan fingerprint density at radius 2 is 1.96 bits per heavy atom. The Labute approximate surface area is 148 Å². The zero-order valence-electron chi connectivity index (χ0n) is 12.6. The van der Waals surface area contributed by atoms with E-state index in [9.17, 15) is 22.8 Å². The van der Waals surface area contributed by atoms with Crippen molar-refractivity contribution in [3.63, 3.8) is 0 Å². The van der Waals surface area contributed by atoms with E-state index in [1.54, 1.807) is 6.92 Å². The van der Waals surface area contributed by atoms with Crippen molar-refractivity contribution < 1.29 is 27.9 Å². The summed E-state index contributed by atoms with van der Waals surface area (Å²) in [5.74, 6) is -1.95. The van der Waals surface area contributed by atoms with Crippen LogP contribution in [0.1, 0.15) is 25.3 Å². The number of alkyl halides is 3. The van der Waals surface area contributed by atoms with Gasteiger partial charge in [-0.25, -0.2) is 0 Å². The second-order valence-electron chi connectivity index (χ2n) is 4.77. The summed E-state index contributed by atoms with van der Waals surface area (Å²) in [5, 5.41) is 13.2. The molecule has 0 aromatic heterocycles. The molecule has 0 aliphatic heterocycles. The number of para-hydroxylation sites is 1. The highest BCUT2D eigenvalue weighted by molar-refractivity contribution is 6.34. The molecule has 10 heteroatoms. The van der Waals surface area contributed by atoms with Crippen molar-refractivity contribution >= 4 is 41.6 Å². The highest BCUT2D eigenvalue weighted by Crippen LogP contribution is 2.38. The lowest BCUT2D eigenvalue weighted by atomic mass is 10.1. The van der Waals surface area contributed by atoms with Crippen LogP contribution in [0.3, 0.4) is 0 Å². The molecule has 3 N–H and O–H groups in total. The van der Waals surface area contributed by atoms with Gasteiger partial charge in [0.05, 0.1) is 22.8 Å². The van der Waals surface area contributed by atoms with E-state index < -0.39 is 41.9 Å². The number of carboxylic acid groups (broad SMARTS) is 1. The van der Waals surface area contributed by atoms with E-state index in [2.05, 4.69) is 10.6 Å². The Balaban J connectivity index is 0.00000529. The molecule has 0 saturated carbocycles. The quantitative estimate of drug-likeness (QED) is 0.667. The van der Waals surface area contributed by atoms with Crippen molar-refractivity contribution in [1.29, 1.82) is 0 Å². The Morgan fingerprint density at radius 3 is 2.46 bits per heavy atom. The molecule has 0 aliphatic rings. The molecule has 0 aliphatic carbocycles. The molecule has 0 heterocycles. The van der Waals surface area contributed by atoms with Crippen LogP contribution in [-0.2, 0) is 15.8 Å². The molecule has 136 valence electrons. The monoisotopic (exact) mass is 388 g/mol. The lowest BCUT2D eigenvalue weighted by Gasteiger charge is -2.16. The SMILES string of the molecule is CCCC(NCC(=O)Nc1c(Cl)cccc1C(F)(F)F)C(=O)O.Cl. The van der Waals surface area contributed by atoms with E-state index in [4.69, 9.17) is 16.7 Å². The summed E-state index contributed by atoms with van der Waals surface area (Å²) < 4.78 is 38.7. The van der Waals surface area contributed by atoms with Crippen LogP contribution in [0.4, 0.5) is 18.9 Å². The van der Waals surface area contributed by atoms with Gasteiger partial charge in [-0.2, -0.15) is 13.2 Å². The second-order valence-corrected chi connectivity index (χ2v) is 5.18. The molecule has 0 fully saturated rings. The number of hydrogen-bond acceptors (Lipinski definition) is 3. The third-order valence-corrected chi connectivity index (χ3v) is 3.28. The minimum Gasteiger partial charge on any atom is -0.480 e. The van der Waals surface area contributed by atoms with Gasteiger partial charge in [0.2, 0.25) is 5.91 Å². The summed E-state index contributed by atoms with van der Waals surface area (Å²) in [6.07, 6.45) is -3.80. The zero-order chi connectivity index (χ0) is 17.6. The van der Waals surface area contributed by atoms with Crippen LogP contribution in [0.2, 0.25) is 5.02 Å². The molecule has 0 radical (unpaired) electrons. The molecule has 1 aromatic carbocycles. The first-order chi connectivity index (χ1) is 10.7. The van der Waals surface area contributed by atoms with Crippen LogP contribution in [0.15, 0.2) is 18.2 Å². The zero-order valence-corrected chi connectivity index (χ0v) is 14.2. The minimum absolute atomic E-state index is 0. The topological polar surface area (TPSA) is 78.4 Å². The van der Waals surface area contributed by atoms with E-state index in [1.165, 1.54) is 6.07 Å². The van der Waals surface area contributed by atoms with Crippen molar-refractivity contribution in [2.24, 2.45) is 0 Å². The molecule has 0 saturated heterocycles.